The molecule has 0 spiro atoms. The predicted octanol–water partition coefficient (Wildman–Crippen LogP) is 4.08. The lowest BCUT2D eigenvalue weighted by atomic mass is 9.86. The first-order valence-electron chi connectivity index (χ1n) is 5.97. The van der Waals surface area contributed by atoms with Crippen molar-refractivity contribution in [2.75, 3.05) is 6.61 Å². The molecule has 0 fully saturated rings. The Morgan fingerprint density at radius 1 is 1.39 bits per heavy atom. The molecule has 0 unspecified atom stereocenters. The van der Waals surface area contributed by atoms with Gasteiger partial charge in [0.1, 0.15) is 11.3 Å². The van der Waals surface area contributed by atoms with Crippen LogP contribution in [0.3, 0.4) is 0 Å². The molecule has 0 atom stereocenters. The number of halogens is 1. The van der Waals surface area contributed by atoms with Gasteiger partial charge in [-0.3, -0.25) is 0 Å². The monoisotopic (exact) mass is 362 g/mol. The summed E-state index contributed by atoms with van der Waals surface area (Å²) in [5.74, 6) is -0.455. The van der Waals surface area contributed by atoms with Crippen LogP contribution >= 0.6 is 22.6 Å². The van der Waals surface area contributed by atoms with E-state index < -0.39 is 5.97 Å². The highest BCUT2D eigenvalue weighted by molar-refractivity contribution is 14.1. The lowest BCUT2D eigenvalue weighted by molar-refractivity contribution is 0.0692. The number of hydrogen-bond acceptors (Lipinski definition) is 2. The lowest BCUT2D eigenvalue weighted by Gasteiger charge is -2.21. The van der Waals surface area contributed by atoms with Crippen molar-refractivity contribution in [3.05, 3.63) is 26.8 Å². The maximum absolute atomic E-state index is 11.3. The molecule has 0 heterocycles. The van der Waals surface area contributed by atoms with Crippen molar-refractivity contribution in [2.24, 2.45) is 0 Å². The number of carboxylic acids is 1. The maximum atomic E-state index is 11.3. The van der Waals surface area contributed by atoms with Crippen LogP contribution in [-0.4, -0.2) is 17.7 Å². The Morgan fingerprint density at radius 3 is 2.44 bits per heavy atom. The van der Waals surface area contributed by atoms with Crippen LogP contribution in [0.15, 0.2) is 12.1 Å². The van der Waals surface area contributed by atoms with E-state index in [-0.39, 0.29) is 11.0 Å². The van der Waals surface area contributed by atoms with Gasteiger partial charge in [-0.05, 0) is 52.1 Å². The van der Waals surface area contributed by atoms with Gasteiger partial charge in [0.2, 0.25) is 0 Å². The van der Waals surface area contributed by atoms with Crippen molar-refractivity contribution in [1.29, 1.82) is 0 Å². The van der Waals surface area contributed by atoms with Crippen LogP contribution in [0.25, 0.3) is 0 Å². The summed E-state index contributed by atoms with van der Waals surface area (Å²) in [6.07, 6.45) is 0.857. The van der Waals surface area contributed by atoms with Crippen LogP contribution in [0.2, 0.25) is 0 Å². The van der Waals surface area contributed by atoms with Gasteiger partial charge in [-0.1, -0.05) is 27.7 Å². The van der Waals surface area contributed by atoms with Gasteiger partial charge in [0.15, 0.2) is 0 Å². The highest BCUT2D eigenvalue weighted by atomic mass is 127. The number of hydrogen-bond donors (Lipinski definition) is 1. The molecule has 3 nitrogen and oxygen atoms in total. The highest BCUT2D eigenvalue weighted by Gasteiger charge is 2.21. The second-order valence-electron chi connectivity index (χ2n) is 5.24. The topological polar surface area (TPSA) is 46.5 Å². The molecule has 100 valence electrons. The molecule has 18 heavy (non-hydrogen) atoms. The third kappa shape index (κ3) is 3.60. The zero-order valence-electron chi connectivity index (χ0n) is 11.2. The largest absolute Gasteiger partial charge is 0.492 e. The molecule has 1 N–H and O–H groups in total. The molecule has 0 radical (unpaired) electrons. The number of benzene rings is 1. The van der Waals surface area contributed by atoms with Crippen LogP contribution in [-0.2, 0) is 5.41 Å². The smallest absolute Gasteiger partial charge is 0.339 e. The van der Waals surface area contributed by atoms with Gasteiger partial charge < -0.3 is 9.84 Å². The van der Waals surface area contributed by atoms with Crippen LogP contribution < -0.4 is 4.74 Å². The van der Waals surface area contributed by atoms with E-state index in [1.807, 2.05) is 13.0 Å². The molecule has 0 saturated carbocycles. The minimum atomic E-state index is -0.940. The molecule has 0 amide bonds. The Bertz CT molecular complexity index is 447. The van der Waals surface area contributed by atoms with Crippen molar-refractivity contribution in [3.63, 3.8) is 0 Å². The van der Waals surface area contributed by atoms with E-state index in [9.17, 15) is 9.90 Å². The number of carboxylic acid groups (broad SMARTS) is 1. The van der Waals surface area contributed by atoms with Gasteiger partial charge in [-0.25, -0.2) is 4.79 Å². The number of carbonyl (C=O) groups is 1. The fraction of sp³-hybridized carbons (Fsp3) is 0.500. The van der Waals surface area contributed by atoms with E-state index in [4.69, 9.17) is 4.74 Å². The van der Waals surface area contributed by atoms with Gasteiger partial charge in [0.05, 0.1) is 10.2 Å². The first-order chi connectivity index (χ1) is 8.27. The minimum absolute atomic E-state index is 0.0760. The number of rotatable bonds is 4. The normalized spacial score (nSPS) is 11.4. The molecule has 4 heteroatoms. The van der Waals surface area contributed by atoms with E-state index in [0.29, 0.717) is 12.4 Å². The van der Waals surface area contributed by atoms with Gasteiger partial charge in [0, 0.05) is 0 Å². The summed E-state index contributed by atoms with van der Waals surface area (Å²) in [4.78, 5) is 11.3. The maximum Gasteiger partial charge on any atom is 0.339 e. The van der Waals surface area contributed by atoms with E-state index in [2.05, 4.69) is 43.4 Å². The molecule has 1 rings (SSSR count). The zero-order chi connectivity index (χ0) is 13.9. The predicted molar refractivity (Wildman–Crippen MR) is 80.6 cm³/mol. The van der Waals surface area contributed by atoms with Crippen LogP contribution in [0.4, 0.5) is 0 Å². The second-order valence-corrected chi connectivity index (χ2v) is 6.40. The van der Waals surface area contributed by atoms with Crippen molar-refractivity contribution in [1.82, 2.24) is 0 Å². The van der Waals surface area contributed by atoms with Gasteiger partial charge in [-0.15, -0.1) is 0 Å². The average Bonchev–Trinajstić information content (AvgIpc) is 2.25. The Hall–Kier alpha value is -0.780. The average molecular weight is 362 g/mol. The van der Waals surface area contributed by atoms with Crippen molar-refractivity contribution < 1.29 is 14.6 Å². The number of aromatic carboxylic acids is 1. The van der Waals surface area contributed by atoms with E-state index in [1.54, 1.807) is 6.07 Å². The first kappa shape index (κ1) is 15.3. The summed E-state index contributed by atoms with van der Waals surface area (Å²) in [6, 6.07) is 3.72. The fourth-order valence-electron chi connectivity index (χ4n) is 1.54. The second kappa shape index (κ2) is 5.91. The van der Waals surface area contributed by atoms with Crippen LogP contribution in [0.5, 0.6) is 5.75 Å². The molecule has 0 aliphatic carbocycles. The summed E-state index contributed by atoms with van der Waals surface area (Å²) in [5.41, 5.74) is 1.18. The lowest BCUT2D eigenvalue weighted by Crippen LogP contribution is -2.14. The van der Waals surface area contributed by atoms with Gasteiger partial charge in [-0.2, -0.15) is 0 Å². The molecule has 0 aromatic heterocycles. The first-order valence-corrected chi connectivity index (χ1v) is 7.05. The van der Waals surface area contributed by atoms with E-state index in [0.717, 1.165) is 15.6 Å². The molecule has 1 aromatic carbocycles. The summed E-state index contributed by atoms with van der Waals surface area (Å²) in [6.45, 7) is 8.73. The van der Waals surface area contributed by atoms with Gasteiger partial charge >= 0.3 is 5.97 Å². The number of ether oxygens (including phenoxy) is 1. The van der Waals surface area contributed by atoms with Crippen molar-refractivity contribution in [2.45, 2.75) is 39.5 Å². The van der Waals surface area contributed by atoms with Crippen LogP contribution in [0, 0.1) is 3.57 Å². The molecular weight excluding hydrogens is 343 g/mol. The molecule has 0 aliphatic heterocycles. The van der Waals surface area contributed by atoms with Crippen LogP contribution in [0.1, 0.15) is 50.0 Å². The third-order valence-electron chi connectivity index (χ3n) is 2.59. The minimum Gasteiger partial charge on any atom is -0.492 e. The SMILES string of the molecule is CCCOc1c(I)cc(C(C)(C)C)cc1C(=O)O. The zero-order valence-corrected chi connectivity index (χ0v) is 13.4. The molecule has 0 bridgehead atoms. The highest BCUT2D eigenvalue weighted by Crippen LogP contribution is 2.32. The Balaban J connectivity index is 3.31. The Morgan fingerprint density at radius 2 is 2.00 bits per heavy atom. The molecule has 0 aliphatic rings. The molecular formula is C14H19IO3. The fourth-order valence-corrected chi connectivity index (χ4v) is 2.32. The summed E-state index contributed by atoms with van der Waals surface area (Å²) in [7, 11) is 0. The van der Waals surface area contributed by atoms with Crippen molar-refractivity contribution >= 4 is 28.6 Å². The van der Waals surface area contributed by atoms with E-state index >= 15 is 0 Å². The molecule has 0 saturated heterocycles. The Kier molecular flexibility index (Phi) is 5.01. The van der Waals surface area contributed by atoms with Crippen molar-refractivity contribution in [3.8, 4) is 5.75 Å². The van der Waals surface area contributed by atoms with Gasteiger partial charge in [0.25, 0.3) is 0 Å². The summed E-state index contributed by atoms with van der Waals surface area (Å²) in [5, 5.41) is 9.30. The standard InChI is InChI=1S/C14H19IO3/c1-5-6-18-12-10(13(16)17)7-9(8-11(12)15)14(2,3)4/h7-8H,5-6H2,1-4H3,(H,16,17). The summed E-state index contributed by atoms with van der Waals surface area (Å²) < 4.78 is 6.41. The molecule has 1 aromatic rings. The summed E-state index contributed by atoms with van der Waals surface area (Å²) >= 11 is 2.14. The quantitative estimate of drug-likeness (QED) is 0.822. The third-order valence-corrected chi connectivity index (χ3v) is 3.39. The Labute approximate surface area is 122 Å². The van der Waals surface area contributed by atoms with E-state index in [1.165, 1.54) is 0 Å².